The lowest BCUT2D eigenvalue weighted by atomic mass is 10.1. The van der Waals surface area contributed by atoms with Crippen LogP contribution in [-0.2, 0) is 0 Å². The number of aromatic nitrogens is 4. The molecule has 0 aliphatic heterocycles. The van der Waals surface area contributed by atoms with E-state index >= 15 is 0 Å². The number of ketones is 1. The summed E-state index contributed by atoms with van der Waals surface area (Å²) >= 11 is 1.08. The van der Waals surface area contributed by atoms with Crippen LogP contribution in [0.3, 0.4) is 0 Å². The maximum Gasteiger partial charge on any atom is 0.214 e. The molecule has 0 radical (unpaired) electrons. The number of Topliss-reactive ketones (excluding diaryl/α,β-unsaturated/α-hetero) is 1. The summed E-state index contributed by atoms with van der Waals surface area (Å²) in [5.41, 5.74) is 1.56. The van der Waals surface area contributed by atoms with Gasteiger partial charge in [0, 0.05) is 0 Å². The van der Waals surface area contributed by atoms with Crippen molar-refractivity contribution in [3.05, 3.63) is 65.2 Å². The van der Waals surface area contributed by atoms with Gasteiger partial charge in [-0.1, -0.05) is 29.5 Å². The predicted molar refractivity (Wildman–Crippen MR) is 89.9 cm³/mol. The number of benzene rings is 2. The Kier molecular flexibility index (Phi) is 4.89. The summed E-state index contributed by atoms with van der Waals surface area (Å²) in [6.07, 6.45) is 0. The predicted octanol–water partition coefficient (Wildman–Crippen LogP) is 3.61. The third kappa shape index (κ3) is 3.74. The number of carbonyl (C=O) groups excluding carboxylic acids is 1. The van der Waals surface area contributed by atoms with Gasteiger partial charge in [-0.05, 0) is 54.6 Å². The molecule has 0 fully saturated rings. The van der Waals surface area contributed by atoms with E-state index in [9.17, 15) is 13.6 Å². The third-order valence-corrected chi connectivity index (χ3v) is 4.60. The summed E-state index contributed by atoms with van der Waals surface area (Å²) in [4.78, 5) is 12.4. The van der Waals surface area contributed by atoms with Crippen LogP contribution in [0.15, 0.2) is 47.6 Å². The van der Waals surface area contributed by atoms with Crippen molar-refractivity contribution in [1.82, 2.24) is 20.2 Å². The Bertz CT molecular complexity index is 911. The molecule has 1 atom stereocenters. The molecule has 1 unspecified atom stereocenters. The number of hydrogen-bond donors (Lipinski definition) is 0. The van der Waals surface area contributed by atoms with Gasteiger partial charge in [-0.15, -0.1) is 5.10 Å². The number of halogens is 2. The van der Waals surface area contributed by atoms with Crippen LogP contribution in [-0.4, -0.2) is 31.2 Å². The highest BCUT2D eigenvalue weighted by Crippen LogP contribution is 2.26. The molecule has 3 aromatic rings. The Hall–Kier alpha value is -2.61. The first-order chi connectivity index (χ1) is 12.0. The maximum absolute atomic E-state index is 13.8. The van der Waals surface area contributed by atoms with Gasteiger partial charge in [0.1, 0.15) is 11.6 Å². The van der Waals surface area contributed by atoms with E-state index < -0.39 is 22.7 Å². The van der Waals surface area contributed by atoms with Crippen molar-refractivity contribution >= 4 is 17.5 Å². The fourth-order valence-electron chi connectivity index (χ4n) is 2.22. The molecule has 0 aliphatic carbocycles. The highest BCUT2D eigenvalue weighted by Gasteiger charge is 2.23. The SMILES string of the molecule is Cc1ccc(-n2nnnc2SC(C)C(=O)c2cc(F)ccc2F)cc1. The van der Waals surface area contributed by atoms with Gasteiger partial charge in [0.05, 0.1) is 16.5 Å². The van der Waals surface area contributed by atoms with Crippen molar-refractivity contribution < 1.29 is 13.6 Å². The first kappa shape index (κ1) is 17.2. The summed E-state index contributed by atoms with van der Waals surface area (Å²) in [5, 5.41) is 11.2. The zero-order chi connectivity index (χ0) is 18.0. The first-order valence-electron chi connectivity index (χ1n) is 7.47. The smallest absolute Gasteiger partial charge is 0.214 e. The fourth-order valence-corrected chi connectivity index (χ4v) is 3.09. The van der Waals surface area contributed by atoms with Crippen LogP contribution in [0, 0.1) is 18.6 Å². The Morgan fingerprint density at radius 1 is 1.16 bits per heavy atom. The number of rotatable bonds is 5. The van der Waals surface area contributed by atoms with Crippen LogP contribution in [0.2, 0.25) is 0 Å². The molecule has 8 heteroatoms. The molecule has 25 heavy (non-hydrogen) atoms. The first-order valence-corrected chi connectivity index (χ1v) is 8.35. The van der Waals surface area contributed by atoms with Gasteiger partial charge in [0.25, 0.3) is 0 Å². The summed E-state index contributed by atoms with van der Waals surface area (Å²) in [6, 6.07) is 10.4. The average molecular weight is 360 g/mol. The maximum atomic E-state index is 13.8. The van der Waals surface area contributed by atoms with E-state index in [-0.39, 0.29) is 5.56 Å². The minimum Gasteiger partial charge on any atom is -0.293 e. The molecule has 0 bridgehead atoms. The van der Waals surface area contributed by atoms with Gasteiger partial charge in [0.15, 0.2) is 5.78 Å². The summed E-state index contributed by atoms with van der Waals surface area (Å²) in [7, 11) is 0. The van der Waals surface area contributed by atoms with E-state index in [2.05, 4.69) is 15.5 Å². The minimum atomic E-state index is -0.753. The lowest BCUT2D eigenvalue weighted by molar-refractivity contribution is 0.0989. The van der Waals surface area contributed by atoms with Gasteiger partial charge in [-0.25, -0.2) is 8.78 Å². The van der Waals surface area contributed by atoms with E-state index in [0.717, 1.165) is 41.2 Å². The van der Waals surface area contributed by atoms with E-state index in [4.69, 9.17) is 0 Å². The number of tetrazole rings is 1. The van der Waals surface area contributed by atoms with Gasteiger partial charge in [-0.3, -0.25) is 4.79 Å². The molecule has 0 aliphatic rings. The molecule has 1 heterocycles. The molecule has 0 saturated carbocycles. The van der Waals surface area contributed by atoms with Crippen molar-refractivity contribution in [2.45, 2.75) is 24.3 Å². The standard InChI is InChI=1S/C17H14F2N4OS/c1-10-3-6-13(7-4-10)23-17(20-21-22-23)25-11(2)16(24)14-9-12(18)5-8-15(14)19/h3-9,11H,1-2H3. The molecule has 1 aromatic heterocycles. The number of nitrogens with zero attached hydrogens (tertiary/aromatic N) is 4. The van der Waals surface area contributed by atoms with Crippen LogP contribution < -0.4 is 0 Å². The van der Waals surface area contributed by atoms with Gasteiger partial charge >= 0.3 is 0 Å². The molecular formula is C17H14F2N4OS. The quantitative estimate of drug-likeness (QED) is 0.514. The van der Waals surface area contributed by atoms with Crippen LogP contribution >= 0.6 is 11.8 Å². The summed E-state index contributed by atoms with van der Waals surface area (Å²) < 4.78 is 28.6. The monoisotopic (exact) mass is 360 g/mol. The number of thioether (sulfide) groups is 1. The third-order valence-electron chi connectivity index (χ3n) is 3.56. The highest BCUT2D eigenvalue weighted by atomic mass is 32.2. The molecule has 128 valence electrons. The summed E-state index contributed by atoms with van der Waals surface area (Å²) in [6.45, 7) is 3.57. The molecular weight excluding hydrogens is 346 g/mol. The van der Waals surface area contributed by atoms with Crippen molar-refractivity contribution in [1.29, 1.82) is 0 Å². The largest absolute Gasteiger partial charge is 0.293 e. The van der Waals surface area contributed by atoms with Gasteiger partial charge in [-0.2, -0.15) is 4.68 Å². The molecule has 3 rings (SSSR count). The molecule has 5 nitrogen and oxygen atoms in total. The zero-order valence-electron chi connectivity index (χ0n) is 13.5. The lowest BCUT2D eigenvalue weighted by Gasteiger charge is -2.11. The highest BCUT2D eigenvalue weighted by molar-refractivity contribution is 8.00. The second-order valence-electron chi connectivity index (χ2n) is 5.46. The van der Waals surface area contributed by atoms with E-state index in [0.29, 0.717) is 5.16 Å². The Labute approximate surface area is 147 Å². The average Bonchev–Trinajstić information content (AvgIpc) is 3.05. The van der Waals surface area contributed by atoms with Crippen LogP contribution in [0.1, 0.15) is 22.8 Å². The molecule has 0 amide bonds. The van der Waals surface area contributed by atoms with Crippen LogP contribution in [0.4, 0.5) is 8.78 Å². The van der Waals surface area contributed by atoms with E-state index in [1.807, 2.05) is 31.2 Å². The Balaban J connectivity index is 1.83. The van der Waals surface area contributed by atoms with Crippen molar-refractivity contribution in [2.24, 2.45) is 0 Å². The normalized spacial score (nSPS) is 12.2. The molecule has 0 spiro atoms. The van der Waals surface area contributed by atoms with E-state index in [1.54, 1.807) is 6.92 Å². The molecule has 0 N–H and O–H groups in total. The van der Waals surface area contributed by atoms with Gasteiger partial charge in [0.2, 0.25) is 5.16 Å². The van der Waals surface area contributed by atoms with Gasteiger partial charge < -0.3 is 0 Å². The number of hydrogen-bond acceptors (Lipinski definition) is 5. The fraction of sp³-hybridized carbons (Fsp3) is 0.176. The number of carbonyl (C=O) groups is 1. The van der Waals surface area contributed by atoms with E-state index in [1.165, 1.54) is 4.68 Å². The number of aryl methyl sites for hydroxylation is 1. The lowest BCUT2D eigenvalue weighted by Crippen LogP contribution is -2.16. The Morgan fingerprint density at radius 2 is 1.88 bits per heavy atom. The zero-order valence-corrected chi connectivity index (χ0v) is 14.3. The second kappa shape index (κ2) is 7.10. The van der Waals surface area contributed by atoms with Crippen molar-refractivity contribution in [2.75, 3.05) is 0 Å². The van der Waals surface area contributed by atoms with Crippen LogP contribution in [0.25, 0.3) is 5.69 Å². The molecule has 2 aromatic carbocycles. The van der Waals surface area contributed by atoms with Crippen molar-refractivity contribution in [3.8, 4) is 5.69 Å². The van der Waals surface area contributed by atoms with Crippen molar-refractivity contribution in [3.63, 3.8) is 0 Å². The summed E-state index contributed by atoms with van der Waals surface area (Å²) in [5.74, 6) is -1.94. The van der Waals surface area contributed by atoms with Crippen LogP contribution in [0.5, 0.6) is 0 Å². The topological polar surface area (TPSA) is 60.7 Å². The second-order valence-corrected chi connectivity index (χ2v) is 6.77. The minimum absolute atomic E-state index is 0.283. The Morgan fingerprint density at radius 3 is 2.60 bits per heavy atom. The molecule has 0 saturated heterocycles.